The summed E-state index contributed by atoms with van der Waals surface area (Å²) in [5, 5.41) is 10.7. The van der Waals surface area contributed by atoms with Crippen molar-refractivity contribution >= 4 is 29.4 Å². The van der Waals surface area contributed by atoms with E-state index >= 15 is 0 Å². The van der Waals surface area contributed by atoms with E-state index in [1.54, 1.807) is 24.0 Å². The molecule has 3 rings (SSSR count). The number of nitrogens with zero attached hydrogens (tertiary/aromatic N) is 2. The zero-order valence-corrected chi connectivity index (χ0v) is 10.1. The Hall–Kier alpha value is -2.14. The van der Waals surface area contributed by atoms with Gasteiger partial charge < -0.3 is 0 Å². The van der Waals surface area contributed by atoms with E-state index < -0.39 is 4.92 Å². The number of rotatable bonds is 1. The molecule has 88 valence electrons. The maximum atomic E-state index is 10.7. The minimum Gasteiger partial charge on any atom is -0.258 e. The van der Waals surface area contributed by atoms with Gasteiger partial charge in [0.15, 0.2) is 0 Å². The van der Waals surface area contributed by atoms with E-state index in [0.29, 0.717) is 5.69 Å². The van der Waals surface area contributed by atoms with Gasteiger partial charge in [-0.05, 0) is 12.1 Å². The van der Waals surface area contributed by atoms with Crippen molar-refractivity contribution in [1.29, 1.82) is 0 Å². The van der Waals surface area contributed by atoms with Crippen LogP contribution < -0.4 is 0 Å². The minimum atomic E-state index is -0.404. The fourth-order valence-corrected chi connectivity index (χ4v) is 2.72. The summed E-state index contributed by atoms with van der Waals surface area (Å²) in [7, 11) is 0. The van der Waals surface area contributed by atoms with Gasteiger partial charge in [0.1, 0.15) is 0 Å². The first-order chi connectivity index (χ1) is 8.74. The van der Waals surface area contributed by atoms with Crippen LogP contribution in [0, 0.1) is 10.1 Å². The molecule has 2 aromatic rings. The van der Waals surface area contributed by atoms with E-state index in [0.717, 1.165) is 15.4 Å². The highest BCUT2D eigenvalue weighted by Gasteiger charge is 2.14. The lowest BCUT2D eigenvalue weighted by atomic mass is 10.2. The molecule has 0 fully saturated rings. The largest absolute Gasteiger partial charge is 0.271 e. The fourth-order valence-electron chi connectivity index (χ4n) is 1.74. The Morgan fingerprint density at radius 1 is 1.11 bits per heavy atom. The zero-order valence-electron chi connectivity index (χ0n) is 9.24. The lowest BCUT2D eigenvalue weighted by molar-refractivity contribution is -0.384. The third-order valence-electron chi connectivity index (χ3n) is 2.63. The van der Waals surface area contributed by atoms with E-state index in [9.17, 15) is 10.1 Å². The number of fused-ring (bicyclic) bond motifs is 2. The monoisotopic (exact) mass is 256 g/mol. The summed E-state index contributed by atoms with van der Waals surface area (Å²) >= 11 is 1.58. The van der Waals surface area contributed by atoms with Crippen molar-refractivity contribution in [3.05, 3.63) is 58.1 Å². The molecule has 1 aliphatic heterocycles. The van der Waals surface area contributed by atoms with Crippen molar-refractivity contribution in [3.63, 3.8) is 0 Å². The summed E-state index contributed by atoms with van der Waals surface area (Å²) < 4.78 is 0. The topological polar surface area (TPSA) is 55.5 Å². The Labute approximate surface area is 108 Å². The first kappa shape index (κ1) is 11.0. The van der Waals surface area contributed by atoms with Crippen LogP contribution in [-0.2, 0) is 0 Å². The average Bonchev–Trinajstić information content (AvgIpc) is 2.56. The van der Waals surface area contributed by atoms with E-state index in [1.807, 2.05) is 24.3 Å². The van der Waals surface area contributed by atoms with Crippen molar-refractivity contribution in [1.82, 2.24) is 0 Å². The third-order valence-corrected chi connectivity index (χ3v) is 3.79. The maximum absolute atomic E-state index is 10.7. The Kier molecular flexibility index (Phi) is 2.60. The molecule has 0 aromatic heterocycles. The summed E-state index contributed by atoms with van der Waals surface area (Å²) in [6, 6.07) is 12.7. The second-order valence-corrected chi connectivity index (χ2v) is 4.89. The molecule has 0 bridgehead atoms. The van der Waals surface area contributed by atoms with E-state index in [1.165, 1.54) is 12.1 Å². The molecular weight excluding hydrogens is 248 g/mol. The average molecular weight is 256 g/mol. The zero-order chi connectivity index (χ0) is 12.5. The first-order valence-electron chi connectivity index (χ1n) is 5.33. The van der Waals surface area contributed by atoms with E-state index in [2.05, 4.69) is 4.99 Å². The van der Waals surface area contributed by atoms with Crippen molar-refractivity contribution in [3.8, 4) is 0 Å². The molecule has 0 aliphatic carbocycles. The van der Waals surface area contributed by atoms with Gasteiger partial charge in [-0.3, -0.25) is 15.1 Å². The smallest absolute Gasteiger partial charge is 0.258 e. The summed E-state index contributed by atoms with van der Waals surface area (Å²) in [6.45, 7) is 0. The molecule has 0 spiro atoms. The molecular formula is C13H8N2O2S. The van der Waals surface area contributed by atoms with Crippen LogP contribution in [0.1, 0.15) is 5.56 Å². The summed E-state index contributed by atoms with van der Waals surface area (Å²) in [5.74, 6) is 0. The molecule has 1 heterocycles. The van der Waals surface area contributed by atoms with Gasteiger partial charge in [0.25, 0.3) is 5.69 Å². The second-order valence-electron chi connectivity index (χ2n) is 3.81. The molecule has 4 nitrogen and oxygen atoms in total. The Morgan fingerprint density at radius 2 is 1.94 bits per heavy atom. The van der Waals surface area contributed by atoms with Crippen LogP contribution in [0.2, 0.25) is 0 Å². The number of non-ortho nitro benzene ring substituents is 1. The van der Waals surface area contributed by atoms with Gasteiger partial charge in [-0.15, -0.1) is 0 Å². The van der Waals surface area contributed by atoms with E-state index in [4.69, 9.17) is 0 Å². The summed E-state index contributed by atoms with van der Waals surface area (Å²) in [4.78, 5) is 16.7. The van der Waals surface area contributed by atoms with Gasteiger partial charge in [-0.25, -0.2) is 0 Å². The fraction of sp³-hybridized carbons (Fsp3) is 0. The highest BCUT2D eigenvalue weighted by atomic mass is 32.2. The third kappa shape index (κ3) is 1.89. The molecule has 0 N–H and O–H groups in total. The number of hydrogen-bond donors (Lipinski definition) is 0. The number of hydrogen-bond acceptors (Lipinski definition) is 4. The van der Waals surface area contributed by atoms with Crippen molar-refractivity contribution in [2.75, 3.05) is 0 Å². The quantitative estimate of drug-likeness (QED) is 0.491. The first-order valence-corrected chi connectivity index (χ1v) is 6.15. The van der Waals surface area contributed by atoms with Crippen LogP contribution in [0.4, 0.5) is 11.4 Å². The van der Waals surface area contributed by atoms with Gasteiger partial charge in [0.2, 0.25) is 0 Å². The predicted molar refractivity (Wildman–Crippen MR) is 70.9 cm³/mol. The Morgan fingerprint density at radius 3 is 2.78 bits per heavy atom. The van der Waals surface area contributed by atoms with Gasteiger partial charge in [-0.1, -0.05) is 30.0 Å². The number of nitro groups is 1. The van der Waals surface area contributed by atoms with Crippen LogP contribution in [0.15, 0.2) is 57.2 Å². The van der Waals surface area contributed by atoms with Gasteiger partial charge in [-0.2, -0.15) is 0 Å². The minimum absolute atomic E-state index is 0.0671. The number of benzene rings is 2. The van der Waals surface area contributed by atoms with Crippen LogP contribution in [0.25, 0.3) is 0 Å². The molecule has 1 aliphatic rings. The Balaban J connectivity index is 2.12. The molecule has 2 aromatic carbocycles. The van der Waals surface area contributed by atoms with Crippen molar-refractivity contribution in [2.45, 2.75) is 9.79 Å². The summed E-state index contributed by atoms with van der Waals surface area (Å²) in [6.07, 6.45) is 1.75. The molecule has 0 saturated carbocycles. The van der Waals surface area contributed by atoms with Crippen LogP contribution in [-0.4, -0.2) is 11.1 Å². The number of aliphatic imine (C=N–C) groups is 1. The van der Waals surface area contributed by atoms with Crippen molar-refractivity contribution in [2.24, 2.45) is 4.99 Å². The molecule has 0 radical (unpaired) electrons. The lowest BCUT2D eigenvalue weighted by Gasteiger charge is -2.03. The standard InChI is InChI=1S/C13H8N2O2S/c16-15(17)10-5-6-13-11(7-10)14-8-9-3-1-2-4-12(9)18-13/h1-8H. The van der Waals surface area contributed by atoms with Crippen LogP contribution >= 0.6 is 11.8 Å². The lowest BCUT2D eigenvalue weighted by Crippen LogP contribution is -1.87. The van der Waals surface area contributed by atoms with Gasteiger partial charge in [0.05, 0.1) is 10.6 Å². The van der Waals surface area contributed by atoms with Crippen molar-refractivity contribution < 1.29 is 4.92 Å². The SMILES string of the molecule is O=[N+]([O-])c1ccc2c(c1)N=Cc1ccccc1S2. The summed E-state index contributed by atoms with van der Waals surface area (Å²) in [5.41, 5.74) is 1.74. The molecule has 0 atom stereocenters. The molecule has 0 saturated heterocycles. The molecule has 0 unspecified atom stereocenters. The maximum Gasteiger partial charge on any atom is 0.271 e. The van der Waals surface area contributed by atoms with E-state index in [-0.39, 0.29) is 5.69 Å². The highest BCUT2D eigenvalue weighted by molar-refractivity contribution is 7.99. The molecule has 5 heteroatoms. The molecule has 18 heavy (non-hydrogen) atoms. The number of nitro benzene ring substituents is 1. The van der Waals surface area contributed by atoms with Gasteiger partial charge >= 0.3 is 0 Å². The van der Waals surface area contributed by atoms with Crippen LogP contribution in [0.3, 0.4) is 0 Å². The van der Waals surface area contributed by atoms with Gasteiger partial charge in [0, 0.05) is 33.7 Å². The van der Waals surface area contributed by atoms with Crippen LogP contribution in [0.5, 0.6) is 0 Å². The second kappa shape index (κ2) is 4.27. The Bertz CT molecular complexity index is 668. The normalized spacial score (nSPS) is 12.4. The predicted octanol–water partition coefficient (Wildman–Crippen LogP) is 3.81. The highest BCUT2D eigenvalue weighted by Crippen LogP contribution is 2.40. The molecule has 0 amide bonds.